The Morgan fingerprint density at radius 2 is 2.42 bits per heavy atom. The number of hydrogen-bond donors (Lipinski definition) is 0. The summed E-state index contributed by atoms with van der Waals surface area (Å²) in [7, 11) is 0. The van der Waals surface area contributed by atoms with E-state index in [0.29, 0.717) is 0 Å². The third-order valence-corrected chi connectivity index (χ3v) is 2.61. The topological polar surface area (TPSA) is 9.23 Å². The van der Waals surface area contributed by atoms with Crippen LogP contribution in [0.3, 0.4) is 0 Å². The molecule has 0 aromatic heterocycles. The van der Waals surface area contributed by atoms with Crippen LogP contribution in [0.15, 0.2) is 36.1 Å². The van der Waals surface area contributed by atoms with E-state index in [-0.39, 0.29) is 0 Å². The molecule has 0 bridgehead atoms. The van der Waals surface area contributed by atoms with Crippen LogP contribution in [0.1, 0.15) is 6.92 Å². The van der Waals surface area contributed by atoms with Crippen molar-refractivity contribution in [2.45, 2.75) is 6.92 Å². The molecule has 0 radical (unpaired) electrons. The molecule has 0 amide bonds. The van der Waals surface area contributed by atoms with E-state index in [4.69, 9.17) is 4.74 Å². The summed E-state index contributed by atoms with van der Waals surface area (Å²) in [5.41, 5.74) is 1.25. The van der Waals surface area contributed by atoms with Gasteiger partial charge in [0.1, 0.15) is 5.76 Å². The molecule has 0 unspecified atom stereocenters. The summed E-state index contributed by atoms with van der Waals surface area (Å²) in [4.78, 5) is 0. The minimum atomic E-state index is 0.818. The minimum absolute atomic E-state index is 0.818. The fraction of sp³-hybridized carbons (Fsp3) is 0.400. The number of allylic oxidation sites excluding steroid dienone is 4. The smallest absolute Gasteiger partial charge is 0.119 e. The highest BCUT2D eigenvalue weighted by atomic mass is 32.2. The third-order valence-electron chi connectivity index (χ3n) is 1.64. The van der Waals surface area contributed by atoms with Gasteiger partial charge in [0, 0.05) is 17.1 Å². The molecule has 0 atom stereocenters. The molecule has 1 saturated heterocycles. The lowest BCUT2D eigenvalue weighted by molar-refractivity contribution is 0.242. The lowest BCUT2D eigenvalue weighted by atomic mass is 10.2. The Morgan fingerprint density at radius 3 is 3.08 bits per heavy atom. The normalized spacial score (nSPS) is 25.1. The van der Waals surface area contributed by atoms with E-state index in [0.717, 1.165) is 23.9 Å². The van der Waals surface area contributed by atoms with Crippen molar-refractivity contribution in [2.24, 2.45) is 0 Å². The predicted molar refractivity (Wildman–Crippen MR) is 55.3 cm³/mol. The highest BCUT2D eigenvalue weighted by Crippen LogP contribution is 2.21. The van der Waals surface area contributed by atoms with Gasteiger partial charge in [-0.05, 0) is 13.0 Å². The lowest BCUT2D eigenvalue weighted by Crippen LogP contribution is -1.95. The second-order valence-corrected chi connectivity index (χ2v) is 3.59. The Labute approximate surface area is 78.2 Å². The maximum atomic E-state index is 5.54. The minimum Gasteiger partial charge on any atom is -0.493 e. The van der Waals surface area contributed by atoms with Crippen molar-refractivity contribution >= 4 is 11.8 Å². The molecule has 0 aromatic carbocycles. The van der Waals surface area contributed by atoms with Crippen LogP contribution < -0.4 is 0 Å². The second kappa shape index (κ2) is 5.09. The molecule has 2 heteroatoms. The van der Waals surface area contributed by atoms with Gasteiger partial charge in [-0.3, -0.25) is 0 Å². The fourth-order valence-electron chi connectivity index (χ4n) is 1.10. The zero-order chi connectivity index (χ0) is 8.81. The largest absolute Gasteiger partial charge is 0.493 e. The van der Waals surface area contributed by atoms with Crippen molar-refractivity contribution in [1.29, 1.82) is 0 Å². The van der Waals surface area contributed by atoms with Crippen molar-refractivity contribution in [1.82, 2.24) is 0 Å². The van der Waals surface area contributed by atoms with Gasteiger partial charge in [-0.15, -0.1) is 0 Å². The van der Waals surface area contributed by atoms with Gasteiger partial charge >= 0.3 is 0 Å². The number of rotatable bonds is 1. The van der Waals surface area contributed by atoms with Gasteiger partial charge in [0.05, 0.1) is 6.61 Å². The molecular formula is C10H14OS. The van der Waals surface area contributed by atoms with Gasteiger partial charge in [-0.25, -0.2) is 0 Å². The monoisotopic (exact) mass is 182 g/mol. The SMILES string of the molecule is C=C/C=C1/CSCCO/C1=C/C. The van der Waals surface area contributed by atoms with E-state index in [1.165, 1.54) is 5.57 Å². The van der Waals surface area contributed by atoms with Crippen LogP contribution in [-0.4, -0.2) is 18.1 Å². The van der Waals surface area contributed by atoms with Crippen LogP contribution in [-0.2, 0) is 4.74 Å². The van der Waals surface area contributed by atoms with Crippen LogP contribution in [0, 0.1) is 0 Å². The van der Waals surface area contributed by atoms with Crippen LogP contribution >= 0.6 is 11.8 Å². The van der Waals surface area contributed by atoms with Crippen LogP contribution in [0.4, 0.5) is 0 Å². The number of hydrogen-bond acceptors (Lipinski definition) is 2. The van der Waals surface area contributed by atoms with E-state index in [1.54, 1.807) is 0 Å². The van der Waals surface area contributed by atoms with E-state index in [1.807, 2.05) is 36.9 Å². The summed E-state index contributed by atoms with van der Waals surface area (Å²) >= 11 is 1.90. The maximum absolute atomic E-state index is 5.54. The first-order valence-corrected chi connectivity index (χ1v) is 5.22. The molecule has 1 heterocycles. The van der Waals surface area contributed by atoms with Crippen molar-refractivity contribution in [3.63, 3.8) is 0 Å². The van der Waals surface area contributed by atoms with Crippen molar-refractivity contribution in [2.75, 3.05) is 18.1 Å². The number of ether oxygens (including phenoxy) is 1. The Hall–Kier alpha value is -0.630. The first kappa shape index (κ1) is 9.46. The molecule has 0 aromatic rings. The van der Waals surface area contributed by atoms with E-state index >= 15 is 0 Å². The van der Waals surface area contributed by atoms with Gasteiger partial charge in [0.2, 0.25) is 0 Å². The fourth-order valence-corrected chi connectivity index (χ4v) is 1.90. The summed E-state index contributed by atoms with van der Waals surface area (Å²) in [5.74, 6) is 3.12. The molecule has 1 rings (SSSR count). The molecule has 0 aliphatic carbocycles. The van der Waals surface area contributed by atoms with E-state index in [2.05, 4.69) is 6.58 Å². The average molecular weight is 182 g/mol. The molecule has 12 heavy (non-hydrogen) atoms. The molecular weight excluding hydrogens is 168 g/mol. The lowest BCUT2D eigenvalue weighted by Gasteiger charge is -2.06. The average Bonchev–Trinajstić information content (AvgIpc) is 2.30. The van der Waals surface area contributed by atoms with Crippen molar-refractivity contribution in [3.8, 4) is 0 Å². The first-order chi connectivity index (χ1) is 5.88. The summed E-state index contributed by atoms with van der Waals surface area (Å²) in [6.45, 7) is 6.51. The Kier molecular flexibility index (Phi) is 4.01. The quantitative estimate of drug-likeness (QED) is 0.616. The number of thioether (sulfide) groups is 1. The summed E-state index contributed by atoms with van der Waals surface area (Å²) in [6.07, 6.45) is 5.85. The molecule has 0 spiro atoms. The van der Waals surface area contributed by atoms with Crippen molar-refractivity contribution < 1.29 is 4.74 Å². The molecule has 1 fully saturated rings. The predicted octanol–water partition coefficient (Wildman–Crippen LogP) is 2.77. The van der Waals surface area contributed by atoms with Gasteiger partial charge in [0.15, 0.2) is 0 Å². The van der Waals surface area contributed by atoms with Crippen LogP contribution in [0.5, 0.6) is 0 Å². The second-order valence-electron chi connectivity index (χ2n) is 2.48. The first-order valence-electron chi connectivity index (χ1n) is 4.07. The summed E-state index contributed by atoms with van der Waals surface area (Å²) in [5, 5.41) is 0. The highest BCUT2D eigenvalue weighted by Gasteiger charge is 2.09. The molecule has 1 aliphatic heterocycles. The van der Waals surface area contributed by atoms with E-state index in [9.17, 15) is 0 Å². The van der Waals surface area contributed by atoms with Gasteiger partial charge in [-0.2, -0.15) is 11.8 Å². The van der Waals surface area contributed by atoms with Crippen LogP contribution in [0.2, 0.25) is 0 Å². The van der Waals surface area contributed by atoms with E-state index < -0.39 is 0 Å². The van der Waals surface area contributed by atoms with Gasteiger partial charge < -0.3 is 4.74 Å². The Morgan fingerprint density at radius 1 is 1.58 bits per heavy atom. The highest BCUT2D eigenvalue weighted by molar-refractivity contribution is 7.99. The molecule has 1 nitrogen and oxygen atoms in total. The molecule has 0 N–H and O–H groups in total. The Bertz CT molecular complexity index is 216. The van der Waals surface area contributed by atoms with Gasteiger partial charge in [0.25, 0.3) is 0 Å². The van der Waals surface area contributed by atoms with Crippen molar-refractivity contribution in [3.05, 3.63) is 36.1 Å². The zero-order valence-corrected chi connectivity index (χ0v) is 8.19. The zero-order valence-electron chi connectivity index (χ0n) is 7.38. The summed E-state index contributed by atoms with van der Waals surface area (Å²) < 4.78 is 5.54. The standard InChI is InChI=1S/C10H14OS/c1-3-5-9-8-12-7-6-11-10(9)4-2/h3-5H,1,6-8H2,2H3/b9-5-,10-4+. The molecule has 66 valence electrons. The Balaban J connectivity index is 2.78. The summed E-state index contributed by atoms with van der Waals surface area (Å²) in [6, 6.07) is 0. The van der Waals surface area contributed by atoms with Gasteiger partial charge in [-0.1, -0.05) is 18.7 Å². The molecule has 0 saturated carbocycles. The third kappa shape index (κ3) is 2.45. The molecule has 1 aliphatic rings. The van der Waals surface area contributed by atoms with Crippen LogP contribution in [0.25, 0.3) is 0 Å². The maximum Gasteiger partial charge on any atom is 0.119 e.